The molecule has 222 valence electrons. The highest BCUT2D eigenvalue weighted by atomic mass is 19.4. The molecule has 3 aromatic heterocycles. The number of nitrogens with one attached hydrogen (secondary N) is 1. The molecule has 0 unspecified atom stereocenters. The molecule has 9 nitrogen and oxygen atoms in total. The molecule has 0 saturated heterocycles. The Kier molecular flexibility index (Phi) is 7.43. The number of rotatable bonds is 4. The molecule has 42 heavy (non-hydrogen) atoms. The third-order valence-corrected chi connectivity index (χ3v) is 7.62. The number of halogens is 5. The van der Waals surface area contributed by atoms with Crippen LogP contribution < -0.4 is 5.69 Å². The van der Waals surface area contributed by atoms with Gasteiger partial charge in [-0.15, -0.1) is 0 Å². The number of aliphatic carboxylic acids is 1. The lowest BCUT2D eigenvalue weighted by Gasteiger charge is -2.19. The number of carboxylic acid groups (broad SMARTS) is 1. The minimum Gasteiger partial charge on any atom is -0.475 e. The second-order valence-corrected chi connectivity index (χ2v) is 10.5. The maximum Gasteiger partial charge on any atom is 0.490 e. The molecule has 2 aromatic carbocycles. The summed E-state index contributed by atoms with van der Waals surface area (Å²) in [5, 5.41) is 15.3. The average molecular weight is 591 g/mol. The number of fused-ring (bicyclic) bond motifs is 2. The largest absolute Gasteiger partial charge is 0.490 e. The summed E-state index contributed by atoms with van der Waals surface area (Å²) in [6.45, 7) is 0. The van der Waals surface area contributed by atoms with E-state index < -0.39 is 17.8 Å². The van der Waals surface area contributed by atoms with Crippen LogP contribution in [0.3, 0.4) is 0 Å². The number of carboxylic acids is 1. The number of carbonyl (C=O) groups is 1. The molecule has 0 amide bonds. The minimum absolute atomic E-state index is 0.238. The van der Waals surface area contributed by atoms with Crippen molar-refractivity contribution in [2.24, 2.45) is 7.05 Å². The van der Waals surface area contributed by atoms with Gasteiger partial charge in [-0.1, -0.05) is 0 Å². The Balaban J connectivity index is 0.000000451. The number of H-pyrrole nitrogens is 1. The maximum atomic E-state index is 14.4. The fraction of sp³-hybridized carbons (Fsp3) is 0.321. The molecule has 1 saturated carbocycles. The number of hydrogen-bond donors (Lipinski definition) is 2. The third-order valence-electron chi connectivity index (χ3n) is 7.62. The van der Waals surface area contributed by atoms with Crippen LogP contribution in [0.15, 0.2) is 53.6 Å². The van der Waals surface area contributed by atoms with Crippen LogP contribution in [0.5, 0.6) is 0 Å². The zero-order valence-electron chi connectivity index (χ0n) is 22.8. The van der Waals surface area contributed by atoms with E-state index in [-0.39, 0.29) is 17.7 Å². The van der Waals surface area contributed by atoms with Crippen LogP contribution in [0.4, 0.5) is 22.0 Å². The van der Waals surface area contributed by atoms with Gasteiger partial charge in [0, 0.05) is 53.4 Å². The number of hydrogen-bond acceptors (Lipinski definition) is 4. The van der Waals surface area contributed by atoms with Crippen molar-refractivity contribution in [2.75, 3.05) is 14.1 Å². The van der Waals surface area contributed by atoms with Crippen molar-refractivity contribution < 1.29 is 31.9 Å². The highest BCUT2D eigenvalue weighted by Crippen LogP contribution is 2.38. The SMILES string of the molecule is CN(C)[C@H]1CC[C@H](n2cc(-n3c(-c4cn(C)c5ccc(F)cc45)n[nH]c3=O)c3cc(F)ccc32)C1.O=C(O)C(F)(F)F. The van der Waals surface area contributed by atoms with Gasteiger partial charge in [-0.25, -0.2) is 28.0 Å². The van der Waals surface area contributed by atoms with E-state index >= 15 is 0 Å². The number of alkyl halides is 3. The topological polar surface area (TPSA) is 101 Å². The van der Waals surface area contributed by atoms with Crippen LogP contribution >= 0.6 is 0 Å². The minimum atomic E-state index is -5.08. The number of benzene rings is 2. The Labute approximate surface area is 235 Å². The molecule has 0 radical (unpaired) electrons. The average Bonchev–Trinajstić information content (AvgIpc) is 3.68. The van der Waals surface area contributed by atoms with Crippen molar-refractivity contribution in [1.82, 2.24) is 28.8 Å². The molecule has 3 heterocycles. The second kappa shape index (κ2) is 10.7. The van der Waals surface area contributed by atoms with Crippen LogP contribution in [0.2, 0.25) is 0 Å². The summed E-state index contributed by atoms with van der Waals surface area (Å²) in [5.41, 5.74) is 2.42. The van der Waals surface area contributed by atoms with Crippen LogP contribution in [0.1, 0.15) is 25.3 Å². The number of aromatic nitrogens is 5. The van der Waals surface area contributed by atoms with E-state index in [1.54, 1.807) is 12.1 Å². The molecule has 1 aliphatic rings. The molecule has 1 fully saturated rings. The lowest BCUT2D eigenvalue weighted by Crippen LogP contribution is -2.25. The Morgan fingerprint density at radius 1 is 1.02 bits per heavy atom. The van der Waals surface area contributed by atoms with Crippen molar-refractivity contribution >= 4 is 27.8 Å². The van der Waals surface area contributed by atoms with Gasteiger partial charge in [0.15, 0.2) is 5.82 Å². The van der Waals surface area contributed by atoms with Gasteiger partial charge in [-0.05, 0) is 69.8 Å². The smallest absolute Gasteiger partial charge is 0.475 e. The van der Waals surface area contributed by atoms with Gasteiger partial charge in [0.05, 0.1) is 11.2 Å². The fourth-order valence-electron chi connectivity index (χ4n) is 5.59. The summed E-state index contributed by atoms with van der Waals surface area (Å²) in [5.74, 6) is -3.15. The zero-order chi connectivity index (χ0) is 30.5. The molecule has 6 rings (SSSR count). The van der Waals surface area contributed by atoms with Gasteiger partial charge in [0.25, 0.3) is 0 Å². The van der Waals surface area contributed by atoms with Crippen LogP contribution in [0.25, 0.3) is 38.9 Å². The predicted molar refractivity (Wildman–Crippen MR) is 146 cm³/mol. The van der Waals surface area contributed by atoms with Crippen molar-refractivity contribution in [1.29, 1.82) is 0 Å². The summed E-state index contributed by atoms with van der Waals surface area (Å²) in [4.78, 5) is 24.2. The highest BCUT2D eigenvalue weighted by molar-refractivity contribution is 5.96. The first-order valence-electron chi connectivity index (χ1n) is 13.0. The van der Waals surface area contributed by atoms with Crippen LogP contribution in [-0.2, 0) is 11.8 Å². The molecule has 2 atom stereocenters. The normalized spacial score (nSPS) is 17.3. The lowest BCUT2D eigenvalue weighted by atomic mass is 10.1. The van der Waals surface area contributed by atoms with Gasteiger partial charge in [0.2, 0.25) is 0 Å². The summed E-state index contributed by atoms with van der Waals surface area (Å²) >= 11 is 0. The van der Waals surface area contributed by atoms with Gasteiger partial charge in [0.1, 0.15) is 11.6 Å². The van der Waals surface area contributed by atoms with E-state index in [0.717, 1.165) is 30.3 Å². The van der Waals surface area contributed by atoms with Gasteiger partial charge < -0.3 is 19.1 Å². The Morgan fingerprint density at radius 2 is 1.64 bits per heavy atom. The van der Waals surface area contributed by atoms with Gasteiger partial charge >= 0.3 is 17.8 Å². The molecule has 5 aromatic rings. The molecule has 0 bridgehead atoms. The first-order valence-corrected chi connectivity index (χ1v) is 13.0. The standard InChI is InChI=1S/C26H26F2N6O.C2HF3O2/c1-31(2)17-6-7-18(12-17)33-14-24(20-11-16(28)5-9-23(20)33)34-25(29-30-26(34)35)21-13-32(3)22-8-4-15(27)10-19(21)22;3-2(4,5)1(6)7/h4-5,8-11,13-14,17-18H,6-7,12H2,1-3H3,(H,30,35);(H,6,7)/t17-,18-;/m0./s1. The fourth-order valence-corrected chi connectivity index (χ4v) is 5.59. The molecule has 14 heteroatoms. The number of aromatic amines is 1. The summed E-state index contributed by atoms with van der Waals surface area (Å²) in [6, 6.07) is 9.95. The van der Waals surface area contributed by atoms with Crippen molar-refractivity contribution in [3.05, 3.63) is 70.9 Å². The van der Waals surface area contributed by atoms with E-state index in [1.165, 1.54) is 28.8 Å². The monoisotopic (exact) mass is 590 g/mol. The van der Waals surface area contributed by atoms with Gasteiger partial charge in [-0.2, -0.15) is 18.3 Å². The van der Waals surface area contributed by atoms with Crippen molar-refractivity contribution in [3.63, 3.8) is 0 Å². The van der Waals surface area contributed by atoms with Crippen LogP contribution in [0, 0.1) is 11.6 Å². The Bertz CT molecular complexity index is 1850. The van der Waals surface area contributed by atoms with E-state index in [0.29, 0.717) is 33.9 Å². The van der Waals surface area contributed by atoms with Crippen LogP contribution in [-0.4, -0.2) is 66.2 Å². The summed E-state index contributed by atoms with van der Waals surface area (Å²) in [7, 11) is 6.04. The van der Waals surface area contributed by atoms with E-state index in [4.69, 9.17) is 9.90 Å². The molecule has 0 aliphatic heterocycles. The van der Waals surface area contributed by atoms with E-state index in [1.807, 2.05) is 24.0 Å². The molecule has 1 aliphatic carbocycles. The van der Waals surface area contributed by atoms with Crippen molar-refractivity contribution in [3.8, 4) is 17.1 Å². The Hall–Kier alpha value is -4.46. The first kappa shape index (κ1) is 29.0. The quantitative estimate of drug-likeness (QED) is 0.279. The highest BCUT2D eigenvalue weighted by Gasteiger charge is 2.38. The Morgan fingerprint density at radius 3 is 2.24 bits per heavy atom. The van der Waals surface area contributed by atoms with E-state index in [2.05, 4.69) is 33.8 Å². The summed E-state index contributed by atoms with van der Waals surface area (Å²) in [6.07, 6.45) is 1.72. The molecule has 2 N–H and O–H groups in total. The molecule has 0 spiro atoms. The third kappa shape index (κ3) is 5.29. The van der Waals surface area contributed by atoms with Gasteiger partial charge in [-0.3, -0.25) is 0 Å². The predicted octanol–water partition coefficient (Wildman–Crippen LogP) is 5.24. The molecular formula is C28H27F5N6O3. The first-order chi connectivity index (χ1) is 19.8. The number of nitrogens with zero attached hydrogens (tertiary/aromatic N) is 5. The molecular weight excluding hydrogens is 563 g/mol. The van der Waals surface area contributed by atoms with E-state index in [9.17, 15) is 26.7 Å². The second-order valence-electron chi connectivity index (χ2n) is 10.5. The lowest BCUT2D eigenvalue weighted by molar-refractivity contribution is -0.192. The zero-order valence-corrected chi connectivity index (χ0v) is 22.8. The maximum absolute atomic E-state index is 14.4. The summed E-state index contributed by atoms with van der Waals surface area (Å²) < 4.78 is 65.8. The number of aryl methyl sites for hydroxylation is 1. The van der Waals surface area contributed by atoms with Crippen molar-refractivity contribution in [2.45, 2.75) is 37.5 Å².